The van der Waals surface area contributed by atoms with E-state index in [1.807, 2.05) is 10.9 Å². The standard InChI is InChI=1S/C20H25FN4O/c21-15-7-9-16(10-8-15)25-19-6-4-5-18(17(19)13-22-25)23-20(26)14-24-11-2-1-3-12-24/h7-10,13,18H,1-6,11-12,14H2,(H,23,26)/t18-/m1/s1. The second-order valence-corrected chi connectivity index (χ2v) is 7.28. The van der Waals surface area contributed by atoms with Crippen LogP contribution < -0.4 is 5.32 Å². The van der Waals surface area contributed by atoms with Gasteiger partial charge in [-0.05, 0) is 69.5 Å². The zero-order valence-corrected chi connectivity index (χ0v) is 15.0. The van der Waals surface area contributed by atoms with E-state index in [1.54, 1.807) is 12.1 Å². The van der Waals surface area contributed by atoms with Crippen LogP contribution in [-0.2, 0) is 11.2 Å². The molecule has 1 fully saturated rings. The number of rotatable bonds is 4. The summed E-state index contributed by atoms with van der Waals surface area (Å²) >= 11 is 0. The zero-order valence-electron chi connectivity index (χ0n) is 15.0. The number of halogens is 1. The number of amides is 1. The van der Waals surface area contributed by atoms with Crippen molar-refractivity contribution in [2.24, 2.45) is 0 Å². The van der Waals surface area contributed by atoms with E-state index in [0.717, 1.165) is 49.3 Å². The highest BCUT2D eigenvalue weighted by molar-refractivity contribution is 5.78. The van der Waals surface area contributed by atoms with Crippen molar-refractivity contribution in [3.8, 4) is 5.69 Å². The third-order valence-corrected chi connectivity index (χ3v) is 5.41. The molecule has 5 nitrogen and oxygen atoms in total. The van der Waals surface area contributed by atoms with Gasteiger partial charge in [-0.3, -0.25) is 9.69 Å². The number of fused-ring (bicyclic) bond motifs is 1. The third kappa shape index (κ3) is 3.65. The number of hydrogen-bond acceptors (Lipinski definition) is 3. The van der Waals surface area contributed by atoms with Gasteiger partial charge in [-0.15, -0.1) is 0 Å². The molecule has 1 atom stereocenters. The van der Waals surface area contributed by atoms with Crippen molar-refractivity contribution in [2.75, 3.05) is 19.6 Å². The lowest BCUT2D eigenvalue weighted by molar-refractivity contribution is -0.123. The highest BCUT2D eigenvalue weighted by Crippen LogP contribution is 2.31. The van der Waals surface area contributed by atoms with E-state index < -0.39 is 0 Å². The molecule has 0 saturated carbocycles. The second-order valence-electron chi connectivity index (χ2n) is 7.28. The fraction of sp³-hybridized carbons (Fsp3) is 0.500. The van der Waals surface area contributed by atoms with Gasteiger partial charge in [0.15, 0.2) is 0 Å². The van der Waals surface area contributed by atoms with Crippen LogP contribution in [0.15, 0.2) is 30.5 Å². The number of likely N-dealkylation sites (tertiary alicyclic amines) is 1. The van der Waals surface area contributed by atoms with Crippen LogP contribution in [0.3, 0.4) is 0 Å². The Balaban J connectivity index is 1.47. The van der Waals surface area contributed by atoms with Gasteiger partial charge in [0, 0.05) is 11.3 Å². The maximum Gasteiger partial charge on any atom is 0.234 e. The average Bonchev–Trinajstić information content (AvgIpc) is 3.08. The zero-order chi connectivity index (χ0) is 17.9. The summed E-state index contributed by atoms with van der Waals surface area (Å²) < 4.78 is 15.1. The van der Waals surface area contributed by atoms with Gasteiger partial charge in [-0.1, -0.05) is 6.42 Å². The number of piperidine rings is 1. The molecule has 1 N–H and O–H groups in total. The molecule has 2 heterocycles. The van der Waals surface area contributed by atoms with Gasteiger partial charge < -0.3 is 5.32 Å². The molecule has 2 aliphatic rings. The first-order chi connectivity index (χ1) is 12.7. The van der Waals surface area contributed by atoms with E-state index in [1.165, 1.54) is 31.4 Å². The van der Waals surface area contributed by atoms with Gasteiger partial charge in [0.05, 0.1) is 24.5 Å². The number of carbonyl (C=O) groups is 1. The topological polar surface area (TPSA) is 50.2 Å². The number of nitrogens with zero attached hydrogens (tertiary/aromatic N) is 3. The highest BCUT2D eigenvalue weighted by Gasteiger charge is 2.26. The second kappa shape index (κ2) is 7.58. The minimum absolute atomic E-state index is 0.0187. The first-order valence-electron chi connectivity index (χ1n) is 9.55. The van der Waals surface area contributed by atoms with Crippen LogP contribution >= 0.6 is 0 Å². The van der Waals surface area contributed by atoms with Gasteiger partial charge in [0.25, 0.3) is 0 Å². The predicted molar refractivity (Wildman–Crippen MR) is 97.6 cm³/mol. The monoisotopic (exact) mass is 356 g/mol. The van der Waals surface area contributed by atoms with Crippen molar-refractivity contribution in [3.05, 3.63) is 47.5 Å². The molecular formula is C20H25FN4O. The van der Waals surface area contributed by atoms with E-state index in [9.17, 15) is 9.18 Å². The first-order valence-corrected chi connectivity index (χ1v) is 9.55. The van der Waals surface area contributed by atoms with Gasteiger partial charge in [0.2, 0.25) is 5.91 Å². The fourth-order valence-electron chi connectivity index (χ4n) is 4.07. The summed E-state index contributed by atoms with van der Waals surface area (Å²) in [7, 11) is 0. The summed E-state index contributed by atoms with van der Waals surface area (Å²) in [5.74, 6) is -0.156. The lowest BCUT2D eigenvalue weighted by Crippen LogP contribution is -2.41. The molecule has 2 aromatic rings. The highest BCUT2D eigenvalue weighted by atomic mass is 19.1. The molecule has 1 aromatic carbocycles. The maximum atomic E-state index is 13.2. The van der Waals surface area contributed by atoms with E-state index in [4.69, 9.17) is 0 Å². The summed E-state index contributed by atoms with van der Waals surface area (Å²) in [6, 6.07) is 6.39. The number of carbonyl (C=O) groups excluding carboxylic acids is 1. The van der Waals surface area contributed by atoms with E-state index in [2.05, 4.69) is 15.3 Å². The number of nitrogens with one attached hydrogen (secondary N) is 1. The van der Waals surface area contributed by atoms with Crippen molar-refractivity contribution in [1.29, 1.82) is 0 Å². The summed E-state index contributed by atoms with van der Waals surface area (Å²) in [6.45, 7) is 2.52. The average molecular weight is 356 g/mol. The van der Waals surface area contributed by atoms with Crippen molar-refractivity contribution >= 4 is 5.91 Å². The van der Waals surface area contributed by atoms with Crippen LogP contribution in [0, 0.1) is 5.82 Å². The van der Waals surface area contributed by atoms with Crippen LogP contribution in [-0.4, -0.2) is 40.2 Å². The Morgan fingerprint density at radius 1 is 1.15 bits per heavy atom. The van der Waals surface area contributed by atoms with Crippen molar-refractivity contribution in [2.45, 2.75) is 44.6 Å². The van der Waals surface area contributed by atoms with E-state index in [-0.39, 0.29) is 17.8 Å². The van der Waals surface area contributed by atoms with Gasteiger partial charge in [-0.25, -0.2) is 9.07 Å². The Hall–Kier alpha value is -2.21. The smallest absolute Gasteiger partial charge is 0.234 e. The summed E-state index contributed by atoms with van der Waals surface area (Å²) in [4.78, 5) is 14.7. The largest absolute Gasteiger partial charge is 0.348 e. The molecule has 26 heavy (non-hydrogen) atoms. The molecule has 1 aromatic heterocycles. The van der Waals surface area contributed by atoms with Gasteiger partial charge >= 0.3 is 0 Å². The van der Waals surface area contributed by atoms with Crippen LogP contribution in [0.1, 0.15) is 49.4 Å². The molecule has 1 aliphatic heterocycles. The molecule has 4 rings (SSSR count). The van der Waals surface area contributed by atoms with E-state index >= 15 is 0 Å². The van der Waals surface area contributed by atoms with Crippen LogP contribution in [0.4, 0.5) is 4.39 Å². The molecule has 1 amide bonds. The molecular weight excluding hydrogens is 331 g/mol. The van der Waals surface area contributed by atoms with Crippen molar-refractivity contribution in [1.82, 2.24) is 20.0 Å². The van der Waals surface area contributed by atoms with Crippen LogP contribution in [0.25, 0.3) is 5.69 Å². The Bertz CT molecular complexity index is 765. The Kier molecular flexibility index (Phi) is 5.02. The summed E-state index contributed by atoms with van der Waals surface area (Å²) in [5, 5.41) is 7.71. The lowest BCUT2D eigenvalue weighted by atomic mass is 9.93. The Morgan fingerprint density at radius 2 is 1.92 bits per heavy atom. The Labute approximate surface area is 153 Å². The van der Waals surface area contributed by atoms with Gasteiger partial charge in [-0.2, -0.15) is 5.10 Å². The molecule has 1 saturated heterocycles. The van der Waals surface area contributed by atoms with Crippen molar-refractivity contribution in [3.63, 3.8) is 0 Å². The molecule has 138 valence electrons. The quantitative estimate of drug-likeness (QED) is 0.916. The molecule has 0 radical (unpaired) electrons. The summed E-state index contributed by atoms with van der Waals surface area (Å²) in [5.41, 5.74) is 3.06. The van der Waals surface area contributed by atoms with Crippen LogP contribution in [0.5, 0.6) is 0 Å². The maximum absolute atomic E-state index is 13.2. The van der Waals surface area contributed by atoms with Crippen LogP contribution in [0.2, 0.25) is 0 Å². The minimum atomic E-state index is -0.252. The molecule has 0 spiro atoms. The molecule has 0 bridgehead atoms. The third-order valence-electron chi connectivity index (χ3n) is 5.41. The number of aromatic nitrogens is 2. The summed E-state index contributed by atoms with van der Waals surface area (Å²) in [6.07, 6.45) is 8.36. The SMILES string of the molecule is O=C(CN1CCCCC1)N[C@@H]1CCCc2c1cnn2-c1ccc(F)cc1. The fourth-order valence-corrected chi connectivity index (χ4v) is 4.07. The first kappa shape index (κ1) is 17.2. The Morgan fingerprint density at radius 3 is 2.69 bits per heavy atom. The predicted octanol–water partition coefficient (Wildman–Crippen LogP) is 2.99. The normalized spacial score (nSPS) is 20.6. The molecule has 0 unspecified atom stereocenters. The minimum Gasteiger partial charge on any atom is -0.348 e. The van der Waals surface area contributed by atoms with Crippen molar-refractivity contribution < 1.29 is 9.18 Å². The molecule has 1 aliphatic carbocycles. The van der Waals surface area contributed by atoms with Gasteiger partial charge in [0.1, 0.15) is 5.82 Å². The number of benzene rings is 1. The lowest BCUT2D eigenvalue weighted by Gasteiger charge is -2.28. The van der Waals surface area contributed by atoms with E-state index in [0.29, 0.717) is 6.54 Å². The molecule has 6 heteroatoms. The number of hydrogen-bond donors (Lipinski definition) is 1.